The number of nitrogens with zero attached hydrogens (tertiary/aromatic N) is 2. The number of benzene rings is 1. The smallest absolute Gasteiger partial charge is 0.292 e. The second-order valence-electron chi connectivity index (χ2n) is 10.2. The highest BCUT2D eigenvalue weighted by Crippen LogP contribution is 2.45. The Balaban J connectivity index is 1.30. The van der Waals surface area contributed by atoms with Gasteiger partial charge < -0.3 is 5.32 Å². The molecular formula is C24H35N3O2. The third-order valence-electron chi connectivity index (χ3n) is 8.27. The van der Waals surface area contributed by atoms with Gasteiger partial charge in [-0.3, -0.25) is 15.0 Å². The van der Waals surface area contributed by atoms with Crippen molar-refractivity contribution in [3.05, 3.63) is 34.4 Å². The van der Waals surface area contributed by atoms with Crippen molar-refractivity contribution in [3.63, 3.8) is 0 Å². The van der Waals surface area contributed by atoms with E-state index in [1.165, 1.54) is 64.2 Å². The van der Waals surface area contributed by atoms with Crippen LogP contribution < -0.4 is 5.32 Å². The van der Waals surface area contributed by atoms with E-state index in [0.29, 0.717) is 23.8 Å². The van der Waals surface area contributed by atoms with E-state index in [9.17, 15) is 10.1 Å². The Morgan fingerprint density at radius 2 is 1.48 bits per heavy atom. The van der Waals surface area contributed by atoms with E-state index in [4.69, 9.17) is 0 Å². The molecule has 0 aromatic heterocycles. The Morgan fingerprint density at radius 3 is 2.14 bits per heavy atom. The molecule has 6 atom stereocenters. The maximum Gasteiger partial charge on any atom is 0.292 e. The van der Waals surface area contributed by atoms with Crippen LogP contribution in [0.5, 0.6) is 0 Å². The number of fused-ring (bicyclic) bond motifs is 4. The summed E-state index contributed by atoms with van der Waals surface area (Å²) in [6.45, 7) is 0. The fourth-order valence-electron chi connectivity index (χ4n) is 7.22. The number of nitrogens with one attached hydrogen (secondary N) is 1. The van der Waals surface area contributed by atoms with E-state index >= 15 is 0 Å². The molecule has 0 spiro atoms. The van der Waals surface area contributed by atoms with Gasteiger partial charge in [0.25, 0.3) is 5.69 Å². The second kappa shape index (κ2) is 8.25. The van der Waals surface area contributed by atoms with E-state index in [-0.39, 0.29) is 10.6 Å². The number of hydrogen-bond donors (Lipinski definition) is 1. The molecule has 2 aliphatic carbocycles. The van der Waals surface area contributed by atoms with E-state index in [1.54, 1.807) is 12.1 Å². The van der Waals surface area contributed by atoms with Crippen LogP contribution in [0.2, 0.25) is 0 Å². The molecule has 0 amide bonds. The lowest BCUT2D eigenvalue weighted by atomic mass is 9.73. The molecule has 2 aliphatic heterocycles. The second-order valence-corrected chi connectivity index (χ2v) is 10.2. The van der Waals surface area contributed by atoms with Crippen molar-refractivity contribution in [3.8, 4) is 0 Å². The van der Waals surface area contributed by atoms with Crippen molar-refractivity contribution in [2.45, 2.75) is 101 Å². The Hall–Kier alpha value is -1.62. The highest BCUT2D eigenvalue weighted by Gasteiger charge is 2.44. The maximum absolute atomic E-state index is 11.4. The van der Waals surface area contributed by atoms with Crippen LogP contribution in [-0.2, 0) is 0 Å². The molecule has 5 heteroatoms. The molecule has 4 fully saturated rings. The average Bonchev–Trinajstić information content (AvgIpc) is 2.87. The van der Waals surface area contributed by atoms with Crippen molar-refractivity contribution in [2.75, 3.05) is 5.32 Å². The third kappa shape index (κ3) is 4.03. The molecule has 158 valence electrons. The van der Waals surface area contributed by atoms with Crippen LogP contribution in [0.1, 0.15) is 77.0 Å². The van der Waals surface area contributed by atoms with Gasteiger partial charge in [0, 0.05) is 30.2 Å². The lowest BCUT2D eigenvalue weighted by Gasteiger charge is -2.54. The van der Waals surface area contributed by atoms with Crippen molar-refractivity contribution >= 4 is 11.4 Å². The third-order valence-corrected chi connectivity index (χ3v) is 8.27. The Morgan fingerprint density at radius 1 is 0.828 bits per heavy atom. The number of para-hydroxylation sites is 2. The summed E-state index contributed by atoms with van der Waals surface area (Å²) < 4.78 is 0. The first kappa shape index (κ1) is 19.3. The van der Waals surface area contributed by atoms with Crippen molar-refractivity contribution < 1.29 is 4.92 Å². The van der Waals surface area contributed by atoms with Gasteiger partial charge in [0.2, 0.25) is 0 Å². The number of nitro benzene ring substituents is 1. The van der Waals surface area contributed by atoms with Crippen molar-refractivity contribution in [1.29, 1.82) is 0 Å². The summed E-state index contributed by atoms with van der Waals surface area (Å²) in [7, 11) is 0. The number of nitro groups is 1. The van der Waals surface area contributed by atoms with Gasteiger partial charge in [-0.2, -0.15) is 0 Å². The van der Waals surface area contributed by atoms with Crippen LogP contribution in [0, 0.1) is 22.0 Å². The maximum atomic E-state index is 11.4. The number of hydrogen-bond acceptors (Lipinski definition) is 4. The molecule has 29 heavy (non-hydrogen) atoms. The predicted molar refractivity (Wildman–Crippen MR) is 116 cm³/mol. The highest BCUT2D eigenvalue weighted by atomic mass is 16.6. The van der Waals surface area contributed by atoms with Crippen LogP contribution in [0.4, 0.5) is 11.4 Å². The summed E-state index contributed by atoms with van der Waals surface area (Å²) in [5, 5.41) is 15.0. The van der Waals surface area contributed by atoms with Gasteiger partial charge in [-0.25, -0.2) is 0 Å². The van der Waals surface area contributed by atoms with Crippen LogP contribution in [0.15, 0.2) is 24.3 Å². The summed E-state index contributed by atoms with van der Waals surface area (Å²) >= 11 is 0. The summed E-state index contributed by atoms with van der Waals surface area (Å²) in [6.07, 6.45) is 16.4. The van der Waals surface area contributed by atoms with Crippen molar-refractivity contribution in [2.24, 2.45) is 11.8 Å². The van der Waals surface area contributed by atoms with Gasteiger partial charge in [0.15, 0.2) is 0 Å². The van der Waals surface area contributed by atoms with Crippen LogP contribution >= 0.6 is 0 Å². The first-order valence-electron chi connectivity index (χ1n) is 11.9. The van der Waals surface area contributed by atoms with Gasteiger partial charge in [0.1, 0.15) is 5.69 Å². The summed E-state index contributed by atoms with van der Waals surface area (Å²) in [5.41, 5.74) is 0.897. The van der Waals surface area contributed by atoms with Gasteiger partial charge in [-0.1, -0.05) is 44.2 Å². The van der Waals surface area contributed by atoms with Crippen LogP contribution in [0.3, 0.4) is 0 Å². The van der Waals surface area contributed by atoms with Crippen LogP contribution in [-0.4, -0.2) is 34.0 Å². The van der Waals surface area contributed by atoms with Crippen molar-refractivity contribution in [1.82, 2.24) is 4.90 Å². The van der Waals surface area contributed by atoms with E-state index in [2.05, 4.69) is 10.2 Å². The van der Waals surface area contributed by atoms with E-state index in [0.717, 1.165) is 30.7 Å². The largest absolute Gasteiger partial charge is 0.377 e. The first-order valence-corrected chi connectivity index (χ1v) is 11.9. The monoisotopic (exact) mass is 397 g/mol. The molecule has 1 aromatic carbocycles. The molecule has 2 heterocycles. The van der Waals surface area contributed by atoms with E-state index < -0.39 is 0 Å². The molecular weight excluding hydrogens is 362 g/mol. The Kier molecular flexibility index (Phi) is 5.51. The lowest BCUT2D eigenvalue weighted by Crippen LogP contribution is -2.59. The number of rotatable bonds is 4. The lowest BCUT2D eigenvalue weighted by molar-refractivity contribution is -0.384. The quantitative estimate of drug-likeness (QED) is 0.519. The molecule has 0 radical (unpaired) electrons. The minimum atomic E-state index is -0.262. The van der Waals surface area contributed by atoms with Crippen LogP contribution in [0.25, 0.3) is 0 Å². The standard InChI is InChI=1S/C24H35N3O2/c28-27(29)24-11-4-3-10-23(24)25-19-15-20-8-5-9-21(16-19)26(20)22-13-17-6-1-2-7-18(12-17)14-22/h3-4,10-11,17-22,25H,1-2,5-9,12-16H2/t17-,18?,19?,20+,21?,22?/m1/s1. The predicted octanol–water partition coefficient (Wildman–Crippen LogP) is 5.75. The van der Waals surface area contributed by atoms with E-state index in [1.807, 2.05) is 12.1 Å². The molecule has 1 N–H and O–H groups in total. The number of piperidine rings is 2. The topological polar surface area (TPSA) is 58.4 Å². The molecule has 5 rings (SSSR count). The molecule has 4 aliphatic rings. The first-order chi connectivity index (χ1) is 14.2. The summed E-state index contributed by atoms with van der Waals surface area (Å²) in [6, 6.07) is 9.60. The molecule has 2 saturated carbocycles. The fourth-order valence-corrected chi connectivity index (χ4v) is 7.22. The summed E-state index contributed by atoms with van der Waals surface area (Å²) in [5.74, 6) is 1.93. The van der Waals surface area contributed by atoms with Gasteiger partial charge >= 0.3 is 0 Å². The van der Waals surface area contributed by atoms with Gasteiger partial charge in [-0.05, 0) is 62.8 Å². The minimum Gasteiger partial charge on any atom is -0.377 e. The normalized spacial score (nSPS) is 37.5. The fraction of sp³-hybridized carbons (Fsp3) is 0.750. The Bertz CT molecular complexity index is 711. The summed E-state index contributed by atoms with van der Waals surface area (Å²) in [4.78, 5) is 14.1. The Labute approximate surface area is 174 Å². The molecule has 2 saturated heterocycles. The van der Waals surface area contributed by atoms with Gasteiger partial charge in [0.05, 0.1) is 4.92 Å². The molecule has 4 unspecified atom stereocenters. The number of anilines is 1. The van der Waals surface area contributed by atoms with Gasteiger partial charge in [-0.15, -0.1) is 0 Å². The zero-order valence-electron chi connectivity index (χ0n) is 17.5. The molecule has 1 aromatic rings. The SMILES string of the molecule is O=[N+]([O-])c1ccccc1NC1CC2CCC[C@@H](C1)N2C1CC2CCCC[C@H](C2)C1. The molecule has 5 nitrogen and oxygen atoms in total. The zero-order chi connectivity index (χ0) is 19.8. The zero-order valence-corrected chi connectivity index (χ0v) is 17.5. The highest BCUT2D eigenvalue weighted by molar-refractivity contribution is 5.61. The average molecular weight is 398 g/mol. The minimum absolute atomic E-state index is 0.205. The molecule has 4 bridgehead atoms.